The summed E-state index contributed by atoms with van der Waals surface area (Å²) in [4.78, 5) is 32.2. The van der Waals surface area contributed by atoms with Crippen molar-refractivity contribution in [1.82, 2.24) is 19.9 Å². The summed E-state index contributed by atoms with van der Waals surface area (Å²) >= 11 is 0. The third-order valence-corrected chi connectivity index (χ3v) is 7.49. The van der Waals surface area contributed by atoms with E-state index in [9.17, 15) is 9.00 Å². The smallest absolute Gasteiger partial charge is 0.404 e. The average Bonchev–Trinajstić information content (AvgIpc) is 3.60. The molecule has 33 heavy (non-hydrogen) atoms. The SMILES string of the molecule is C[C@@H](COC(N)=O)Nc1nc(N2CC=C(c3ncc(C4CC4)cn3)CC2)nc2c1[S@](=O)CC2. The maximum absolute atomic E-state index is 12.5. The largest absolute Gasteiger partial charge is 0.448 e. The van der Waals surface area contributed by atoms with Gasteiger partial charge >= 0.3 is 6.09 Å². The normalized spacial score (nSPS) is 20.7. The van der Waals surface area contributed by atoms with Crippen LogP contribution < -0.4 is 16.0 Å². The molecule has 0 unspecified atom stereocenters. The molecule has 5 rings (SSSR count). The number of hydrogen-bond donors (Lipinski definition) is 2. The lowest BCUT2D eigenvalue weighted by molar-refractivity contribution is 0.153. The van der Waals surface area contributed by atoms with E-state index < -0.39 is 16.9 Å². The van der Waals surface area contributed by atoms with Gasteiger partial charge in [-0.15, -0.1) is 0 Å². The van der Waals surface area contributed by atoms with E-state index in [0.29, 0.717) is 41.3 Å². The van der Waals surface area contributed by atoms with Gasteiger partial charge < -0.3 is 20.7 Å². The molecule has 0 saturated heterocycles. The Balaban J connectivity index is 1.33. The molecule has 2 aromatic heterocycles. The Hall–Kier alpha value is -3.08. The van der Waals surface area contributed by atoms with Crippen LogP contribution in [0, 0.1) is 0 Å². The van der Waals surface area contributed by atoms with Crippen molar-refractivity contribution in [2.75, 3.05) is 35.7 Å². The number of aryl methyl sites for hydroxylation is 1. The molecule has 0 aromatic carbocycles. The van der Waals surface area contributed by atoms with Crippen molar-refractivity contribution in [3.63, 3.8) is 0 Å². The zero-order chi connectivity index (χ0) is 22.9. The summed E-state index contributed by atoms with van der Waals surface area (Å²) in [6, 6.07) is -0.245. The first kappa shape index (κ1) is 21.7. The number of nitrogens with one attached hydrogen (secondary N) is 1. The summed E-state index contributed by atoms with van der Waals surface area (Å²) in [5, 5.41) is 3.22. The van der Waals surface area contributed by atoms with E-state index in [1.165, 1.54) is 18.4 Å². The zero-order valence-corrected chi connectivity index (χ0v) is 19.3. The molecule has 174 valence electrons. The summed E-state index contributed by atoms with van der Waals surface area (Å²) in [5.41, 5.74) is 8.23. The maximum Gasteiger partial charge on any atom is 0.404 e. The highest BCUT2D eigenvalue weighted by Crippen LogP contribution is 2.39. The molecular weight excluding hydrogens is 442 g/mol. The van der Waals surface area contributed by atoms with Crippen LogP contribution in [0.4, 0.5) is 16.6 Å². The second-order valence-electron chi connectivity index (χ2n) is 8.66. The topological polar surface area (TPSA) is 136 Å². The van der Waals surface area contributed by atoms with Crippen molar-refractivity contribution >= 4 is 34.2 Å². The Morgan fingerprint density at radius 1 is 1.30 bits per heavy atom. The second kappa shape index (κ2) is 9.05. The average molecular weight is 470 g/mol. The molecule has 11 heteroatoms. The van der Waals surface area contributed by atoms with Crippen LogP contribution in [-0.4, -0.2) is 61.7 Å². The highest BCUT2D eigenvalue weighted by atomic mass is 32.2. The van der Waals surface area contributed by atoms with Crippen molar-refractivity contribution < 1.29 is 13.7 Å². The van der Waals surface area contributed by atoms with Gasteiger partial charge in [-0.3, -0.25) is 4.21 Å². The van der Waals surface area contributed by atoms with Gasteiger partial charge in [-0.25, -0.2) is 19.7 Å². The number of nitrogens with two attached hydrogens (primary N) is 1. The fourth-order valence-electron chi connectivity index (χ4n) is 4.09. The van der Waals surface area contributed by atoms with Crippen LogP contribution >= 0.6 is 0 Å². The number of aromatic nitrogens is 4. The van der Waals surface area contributed by atoms with Crippen molar-refractivity contribution in [2.24, 2.45) is 5.73 Å². The number of fused-ring (bicyclic) bond motifs is 1. The quantitative estimate of drug-likeness (QED) is 0.624. The molecular formula is C22H27N7O3S. The number of carbonyl (C=O) groups excluding carboxylic acids is 1. The van der Waals surface area contributed by atoms with Crippen LogP contribution in [0.2, 0.25) is 0 Å². The third kappa shape index (κ3) is 4.82. The standard InChI is InChI=1S/C22H27N7O3S/c1-13(12-32-21(23)30)26-20-18-17(6-9-33(18)31)27-22(28-20)29-7-4-15(5-8-29)19-24-10-16(11-25-19)14-2-3-14/h4,10-11,13-14H,2-3,5-9,12H2,1H3,(H2,23,30)(H,26,27,28)/t13-,33+/m0/s1. The predicted molar refractivity (Wildman–Crippen MR) is 124 cm³/mol. The molecule has 0 bridgehead atoms. The Morgan fingerprint density at radius 2 is 2.09 bits per heavy atom. The van der Waals surface area contributed by atoms with E-state index in [2.05, 4.69) is 26.3 Å². The maximum atomic E-state index is 12.5. The van der Waals surface area contributed by atoms with Gasteiger partial charge in [0.15, 0.2) is 5.82 Å². The summed E-state index contributed by atoms with van der Waals surface area (Å²) < 4.78 is 17.4. The minimum absolute atomic E-state index is 0.0887. The van der Waals surface area contributed by atoms with Crippen molar-refractivity contribution in [2.45, 2.75) is 49.5 Å². The highest BCUT2D eigenvalue weighted by molar-refractivity contribution is 7.85. The van der Waals surface area contributed by atoms with Crippen LogP contribution in [0.15, 0.2) is 23.4 Å². The molecule has 2 aliphatic heterocycles. The van der Waals surface area contributed by atoms with Crippen molar-refractivity contribution in [3.8, 4) is 0 Å². The lowest BCUT2D eigenvalue weighted by atomic mass is 10.1. The van der Waals surface area contributed by atoms with Gasteiger partial charge in [-0.1, -0.05) is 6.08 Å². The number of carbonyl (C=O) groups is 1. The molecule has 3 N–H and O–H groups in total. The fourth-order valence-corrected chi connectivity index (χ4v) is 5.40. The summed E-state index contributed by atoms with van der Waals surface area (Å²) in [5.74, 6) is 3.09. The first-order valence-electron chi connectivity index (χ1n) is 11.2. The number of hydrogen-bond acceptors (Lipinski definition) is 9. The van der Waals surface area contributed by atoms with Gasteiger partial charge in [0, 0.05) is 37.7 Å². The summed E-state index contributed by atoms with van der Waals surface area (Å²) in [7, 11) is -1.15. The van der Waals surface area contributed by atoms with Crippen molar-refractivity contribution in [3.05, 3.63) is 35.6 Å². The molecule has 2 atom stereocenters. The molecule has 3 aliphatic rings. The number of nitrogens with zero attached hydrogens (tertiary/aromatic N) is 5. The Morgan fingerprint density at radius 3 is 2.76 bits per heavy atom. The molecule has 1 saturated carbocycles. The predicted octanol–water partition coefficient (Wildman–Crippen LogP) is 2.00. The monoisotopic (exact) mass is 469 g/mol. The summed E-state index contributed by atoms with van der Waals surface area (Å²) in [6.45, 7) is 3.32. The van der Waals surface area contributed by atoms with Crippen LogP contribution in [0.25, 0.3) is 5.57 Å². The van der Waals surface area contributed by atoms with E-state index in [1.54, 1.807) is 0 Å². The van der Waals surface area contributed by atoms with E-state index in [-0.39, 0.29) is 12.6 Å². The number of anilines is 2. The Kier molecular flexibility index (Phi) is 5.96. The van der Waals surface area contributed by atoms with Gasteiger partial charge in [0.05, 0.1) is 22.5 Å². The number of primary amides is 1. The minimum atomic E-state index is -1.15. The summed E-state index contributed by atoms with van der Waals surface area (Å²) in [6.07, 6.45) is 9.12. The van der Waals surface area contributed by atoms with E-state index in [1.807, 2.05) is 19.3 Å². The number of amides is 1. The van der Waals surface area contributed by atoms with Gasteiger partial charge in [-0.2, -0.15) is 4.98 Å². The first-order valence-corrected chi connectivity index (χ1v) is 12.5. The Bertz CT molecular complexity index is 1120. The third-order valence-electron chi connectivity index (χ3n) is 6.03. The lowest BCUT2D eigenvalue weighted by Crippen LogP contribution is -2.31. The first-order chi connectivity index (χ1) is 16.0. The van der Waals surface area contributed by atoms with Gasteiger partial charge in [0.1, 0.15) is 17.3 Å². The van der Waals surface area contributed by atoms with Crippen LogP contribution in [-0.2, 0) is 22.0 Å². The fraction of sp³-hybridized carbons (Fsp3) is 0.500. The van der Waals surface area contributed by atoms with Crippen LogP contribution in [0.5, 0.6) is 0 Å². The van der Waals surface area contributed by atoms with Gasteiger partial charge in [0.2, 0.25) is 5.95 Å². The van der Waals surface area contributed by atoms with E-state index in [4.69, 9.17) is 20.4 Å². The second-order valence-corrected chi connectivity index (χ2v) is 10.2. The molecule has 1 fully saturated rings. The highest BCUT2D eigenvalue weighted by Gasteiger charge is 2.29. The molecule has 1 amide bonds. The Labute approximate surface area is 194 Å². The molecule has 1 aliphatic carbocycles. The molecule has 4 heterocycles. The number of rotatable bonds is 7. The van der Waals surface area contributed by atoms with E-state index in [0.717, 1.165) is 30.1 Å². The van der Waals surface area contributed by atoms with E-state index >= 15 is 0 Å². The molecule has 0 radical (unpaired) electrons. The van der Waals surface area contributed by atoms with Gasteiger partial charge in [0.25, 0.3) is 0 Å². The van der Waals surface area contributed by atoms with Crippen molar-refractivity contribution in [1.29, 1.82) is 0 Å². The van der Waals surface area contributed by atoms with Crippen LogP contribution in [0.3, 0.4) is 0 Å². The number of ether oxygens (including phenoxy) is 1. The molecule has 2 aromatic rings. The van der Waals surface area contributed by atoms with Gasteiger partial charge in [-0.05, 0) is 43.2 Å². The van der Waals surface area contributed by atoms with Crippen LogP contribution in [0.1, 0.15) is 49.2 Å². The zero-order valence-electron chi connectivity index (χ0n) is 18.5. The molecule has 10 nitrogen and oxygen atoms in total. The lowest BCUT2D eigenvalue weighted by Gasteiger charge is -2.27. The minimum Gasteiger partial charge on any atom is -0.448 e. The molecule has 0 spiro atoms.